The number of aromatic nitrogens is 3. The van der Waals surface area contributed by atoms with Crippen LogP contribution in [-0.2, 0) is 0 Å². The first-order valence-electron chi connectivity index (χ1n) is 5.56. The molecule has 18 heavy (non-hydrogen) atoms. The number of rotatable bonds is 5. The molecule has 2 aromatic rings. The summed E-state index contributed by atoms with van der Waals surface area (Å²) in [6, 6.07) is 9.48. The second kappa shape index (κ2) is 5.81. The number of hydrogen-bond donors (Lipinski definition) is 1. The molecule has 1 aromatic heterocycles. The Hall–Kier alpha value is -2.37. The predicted molar refractivity (Wildman–Crippen MR) is 65.3 cm³/mol. The highest BCUT2D eigenvalue weighted by Gasteiger charge is 2.13. The van der Waals surface area contributed by atoms with Gasteiger partial charge in [-0.25, -0.2) is 0 Å². The third-order valence-electron chi connectivity index (χ3n) is 2.42. The SMILES string of the molecule is CN(CCOc1ccccc1)C(=O)c1cn[nH]n1. The largest absolute Gasteiger partial charge is 0.492 e. The van der Waals surface area contributed by atoms with Crippen LogP contribution >= 0.6 is 0 Å². The summed E-state index contributed by atoms with van der Waals surface area (Å²) >= 11 is 0. The second-order valence-electron chi connectivity index (χ2n) is 3.74. The van der Waals surface area contributed by atoms with Crippen LogP contribution in [0.15, 0.2) is 36.5 Å². The number of likely N-dealkylation sites (N-methyl/N-ethyl adjacent to an activating group) is 1. The van der Waals surface area contributed by atoms with E-state index in [0.717, 1.165) is 5.75 Å². The molecule has 0 spiro atoms. The van der Waals surface area contributed by atoms with Crippen molar-refractivity contribution in [3.8, 4) is 5.75 Å². The van der Waals surface area contributed by atoms with Gasteiger partial charge in [0.25, 0.3) is 5.91 Å². The van der Waals surface area contributed by atoms with E-state index >= 15 is 0 Å². The van der Waals surface area contributed by atoms with Crippen LogP contribution in [0.3, 0.4) is 0 Å². The van der Waals surface area contributed by atoms with Crippen molar-refractivity contribution in [2.45, 2.75) is 0 Å². The molecule has 6 nitrogen and oxygen atoms in total. The lowest BCUT2D eigenvalue weighted by Crippen LogP contribution is -2.31. The number of benzene rings is 1. The lowest BCUT2D eigenvalue weighted by atomic mass is 10.3. The van der Waals surface area contributed by atoms with Gasteiger partial charge in [0.05, 0.1) is 12.7 Å². The number of nitrogens with zero attached hydrogens (tertiary/aromatic N) is 3. The standard InChI is InChI=1S/C12H14N4O2/c1-16(12(17)11-9-13-15-14-11)7-8-18-10-5-3-2-4-6-10/h2-6,9H,7-8H2,1H3,(H,13,14,15). The normalized spacial score (nSPS) is 10.1. The maximum Gasteiger partial charge on any atom is 0.275 e. The molecule has 0 radical (unpaired) electrons. The Bertz CT molecular complexity index is 484. The summed E-state index contributed by atoms with van der Waals surface area (Å²) in [6.07, 6.45) is 1.40. The van der Waals surface area contributed by atoms with Gasteiger partial charge in [0.2, 0.25) is 0 Å². The van der Waals surface area contributed by atoms with Crippen molar-refractivity contribution < 1.29 is 9.53 Å². The third-order valence-corrected chi connectivity index (χ3v) is 2.42. The maximum atomic E-state index is 11.8. The smallest absolute Gasteiger partial charge is 0.275 e. The Balaban J connectivity index is 1.79. The number of aromatic amines is 1. The highest BCUT2D eigenvalue weighted by Crippen LogP contribution is 2.08. The quantitative estimate of drug-likeness (QED) is 0.852. The molecule has 1 N–H and O–H groups in total. The summed E-state index contributed by atoms with van der Waals surface area (Å²) in [5.74, 6) is 0.611. The van der Waals surface area contributed by atoms with E-state index in [4.69, 9.17) is 4.74 Å². The van der Waals surface area contributed by atoms with Crippen LogP contribution in [0.2, 0.25) is 0 Å². The van der Waals surface area contributed by atoms with Crippen molar-refractivity contribution in [2.24, 2.45) is 0 Å². The molecule has 94 valence electrons. The minimum atomic E-state index is -0.180. The maximum absolute atomic E-state index is 11.8. The van der Waals surface area contributed by atoms with E-state index in [9.17, 15) is 4.79 Å². The van der Waals surface area contributed by atoms with Gasteiger partial charge in [0, 0.05) is 7.05 Å². The van der Waals surface area contributed by atoms with Crippen molar-refractivity contribution >= 4 is 5.91 Å². The fourth-order valence-corrected chi connectivity index (χ4v) is 1.42. The Morgan fingerprint density at radius 3 is 2.83 bits per heavy atom. The summed E-state index contributed by atoms with van der Waals surface area (Å²) in [7, 11) is 1.70. The van der Waals surface area contributed by atoms with E-state index in [1.165, 1.54) is 6.20 Å². The third kappa shape index (κ3) is 3.07. The lowest BCUT2D eigenvalue weighted by molar-refractivity contribution is 0.0768. The molecule has 0 aliphatic rings. The van der Waals surface area contributed by atoms with Crippen molar-refractivity contribution in [3.05, 3.63) is 42.2 Å². The zero-order valence-electron chi connectivity index (χ0n) is 10.0. The molecule has 0 bridgehead atoms. The van der Waals surface area contributed by atoms with Crippen LogP contribution in [0.4, 0.5) is 0 Å². The van der Waals surface area contributed by atoms with Gasteiger partial charge < -0.3 is 9.64 Å². The van der Waals surface area contributed by atoms with Crippen molar-refractivity contribution in [3.63, 3.8) is 0 Å². The van der Waals surface area contributed by atoms with Gasteiger partial charge in [0.1, 0.15) is 12.4 Å². The highest BCUT2D eigenvalue weighted by molar-refractivity contribution is 5.91. The first-order chi connectivity index (χ1) is 8.77. The number of para-hydroxylation sites is 1. The van der Waals surface area contributed by atoms with Crippen LogP contribution in [-0.4, -0.2) is 46.4 Å². The average molecular weight is 246 g/mol. The number of nitrogens with one attached hydrogen (secondary N) is 1. The summed E-state index contributed by atoms with van der Waals surface area (Å²) in [6.45, 7) is 0.921. The Morgan fingerprint density at radius 1 is 1.39 bits per heavy atom. The molecule has 0 saturated carbocycles. The molecule has 0 aliphatic carbocycles. The van der Waals surface area contributed by atoms with Crippen LogP contribution < -0.4 is 4.74 Å². The monoisotopic (exact) mass is 246 g/mol. The van der Waals surface area contributed by atoms with Gasteiger partial charge in [-0.1, -0.05) is 18.2 Å². The van der Waals surface area contributed by atoms with Crippen molar-refractivity contribution in [1.82, 2.24) is 20.3 Å². The Labute approximate surface area is 105 Å². The van der Waals surface area contributed by atoms with Crippen LogP contribution in [0.5, 0.6) is 5.75 Å². The number of carbonyl (C=O) groups is 1. The van der Waals surface area contributed by atoms with E-state index in [-0.39, 0.29) is 5.91 Å². The molecule has 0 aliphatic heterocycles. The van der Waals surface area contributed by atoms with Crippen LogP contribution in [0, 0.1) is 0 Å². The fraction of sp³-hybridized carbons (Fsp3) is 0.250. The number of carbonyl (C=O) groups excluding carboxylic acids is 1. The van der Waals surface area contributed by atoms with Gasteiger partial charge in [0.15, 0.2) is 5.69 Å². The molecule has 1 aromatic carbocycles. The first kappa shape index (κ1) is 12.1. The van der Waals surface area contributed by atoms with Gasteiger partial charge in [-0.15, -0.1) is 0 Å². The molecule has 0 atom stereocenters. The molecule has 0 fully saturated rings. The number of amides is 1. The number of ether oxygens (including phenoxy) is 1. The molecule has 0 saturated heterocycles. The van der Waals surface area contributed by atoms with Gasteiger partial charge in [-0.3, -0.25) is 4.79 Å². The summed E-state index contributed by atoms with van der Waals surface area (Å²) < 4.78 is 5.51. The zero-order valence-corrected chi connectivity index (χ0v) is 10.0. The molecule has 2 rings (SSSR count). The summed E-state index contributed by atoms with van der Waals surface area (Å²) in [5.41, 5.74) is 0.303. The summed E-state index contributed by atoms with van der Waals surface area (Å²) in [4.78, 5) is 13.3. The van der Waals surface area contributed by atoms with Crippen molar-refractivity contribution in [2.75, 3.05) is 20.2 Å². The fourth-order valence-electron chi connectivity index (χ4n) is 1.42. The first-order valence-corrected chi connectivity index (χ1v) is 5.56. The summed E-state index contributed by atoms with van der Waals surface area (Å²) in [5, 5.41) is 9.74. The zero-order chi connectivity index (χ0) is 12.8. The Morgan fingerprint density at radius 2 is 2.17 bits per heavy atom. The van der Waals surface area contributed by atoms with Crippen molar-refractivity contribution in [1.29, 1.82) is 0 Å². The van der Waals surface area contributed by atoms with Gasteiger partial charge in [-0.2, -0.15) is 15.4 Å². The topological polar surface area (TPSA) is 71.1 Å². The van der Waals surface area contributed by atoms with E-state index < -0.39 is 0 Å². The number of hydrogen-bond acceptors (Lipinski definition) is 4. The van der Waals surface area contributed by atoms with Gasteiger partial charge >= 0.3 is 0 Å². The minimum Gasteiger partial charge on any atom is -0.492 e. The molecular weight excluding hydrogens is 232 g/mol. The van der Waals surface area contributed by atoms with E-state index in [2.05, 4.69) is 15.4 Å². The lowest BCUT2D eigenvalue weighted by Gasteiger charge is -2.15. The molecular formula is C12H14N4O2. The molecule has 1 amide bonds. The highest BCUT2D eigenvalue weighted by atomic mass is 16.5. The minimum absolute atomic E-state index is 0.180. The number of H-pyrrole nitrogens is 1. The Kier molecular flexibility index (Phi) is 3.90. The molecule has 6 heteroatoms. The predicted octanol–water partition coefficient (Wildman–Crippen LogP) is 0.956. The van der Waals surface area contributed by atoms with Crippen LogP contribution in [0.25, 0.3) is 0 Å². The van der Waals surface area contributed by atoms with E-state index in [1.807, 2.05) is 30.3 Å². The molecule has 0 unspecified atom stereocenters. The second-order valence-corrected chi connectivity index (χ2v) is 3.74. The van der Waals surface area contributed by atoms with Crippen LogP contribution in [0.1, 0.15) is 10.5 Å². The molecule has 1 heterocycles. The van der Waals surface area contributed by atoms with E-state index in [1.54, 1.807) is 11.9 Å². The van der Waals surface area contributed by atoms with Gasteiger partial charge in [-0.05, 0) is 12.1 Å². The average Bonchev–Trinajstić information content (AvgIpc) is 2.93. The van der Waals surface area contributed by atoms with E-state index in [0.29, 0.717) is 18.8 Å².